The number of rotatable bonds is 3. The largest absolute Gasteiger partial charge is 0.497 e. The number of carbonyl (C=O) groups is 1. The van der Waals surface area contributed by atoms with Gasteiger partial charge in [0.05, 0.1) is 19.3 Å². The van der Waals surface area contributed by atoms with Crippen LogP contribution in [0.1, 0.15) is 34.8 Å². The van der Waals surface area contributed by atoms with Crippen LogP contribution in [0.25, 0.3) is 0 Å². The molecule has 6 heteroatoms. The van der Waals surface area contributed by atoms with Crippen molar-refractivity contribution in [3.8, 4) is 5.75 Å². The molecule has 4 saturated heterocycles. The topological polar surface area (TPSA) is 58.6 Å². The molecule has 27 heavy (non-hydrogen) atoms. The Morgan fingerprint density at radius 2 is 1.89 bits per heavy atom. The molecule has 6 nitrogen and oxygen atoms in total. The number of aromatic nitrogens is 2. The molecular formula is C21H24N4O2. The molecule has 140 valence electrons. The zero-order chi connectivity index (χ0) is 18.4. The summed E-state index contributed by atoms with van der Waals surface area (Å²) in [5.74, 6) is 1.79. The number of fused-ring (bicyclic) bond motifs is 2. The van der Waals surface area contributed by atoms with E-state index in [1.54, 1.807) is 25.7 Å². The van der Waals surface area contributed by atoms with E-state index in [-0.39, 0.29) is 11.9 Å². The van der Waals surface area contributed by atoms with Crippen molar-refractivity contribution in [3.63, 3.8) is 0 Å². The second kappa shape index (κ2) is 6.60. The Morgan fingerprint density at radius 1 is 1.11 bits per heavy atom. The van der Waals surface area contributed by atoms with Gasteiger partial charge in [-0.25, -0.2) is 4.98 Å². The van der Waals surface area contributed by atoms with Crippen LogP contribution in [-0.4, -0.2) is 64.5 Å². The number of methoxy groups -OCH3 is 1. The van der Waals surface area contributed by atoms with Gasteiger partial charge in [-0.05, 0) is 49.5 Å². The van der Waals surface area contributed by atoms with Crippen LogP contribution in [0.3, 0.4) is 0 Å². The standard InChI is InChI=1S/C21H24N4O2/c1-27-16-4-2-14(3-5-16)17-13-25(21(26)18-12-22-8-9-23-18)19-15-6-10-24(11-7-15)20(17)19/h2-5,8-9,12,15,17,19-20H,6-7,10-11,13H2,1H3/t17-,19+,20+/m0/s1. The number of amides is 1. The Balaban J connectivity index is 1.50. The normalized spacial score (nSPS) is 31.6. The molecule has 1 aromatic carbocycles. The van der Waals surface area contributed by atoms with Crippen molar-refractivity contribution in [2.24, 2.45) is 5.92 Å². The Labute approximate surface area is 159 Å². The third-order valence-electron chi connectivity index (χ3n) is 6.58. The minimum absolute atomic E-state index is 0.0165. The lowest BCUT2D eigenvalue weighted by Crippen LogP contribution is -2.60. The van der Waals surface area contributed by atoms with Crippen molar-refractivity contribution in [2.45, 2.75) is 30.8 Å². The summed E-state index contributed by atoms with van der Waals surface area (Å²) >= 11 is 0. The molecule has 0 saturated carbocycles. The van der Waals surface area contributed by atoms with Crippen molar-refractivity contribution in [1.82, 2.24) is 19.8 Å². The average Bonchev–Trinajstić information content (AvgIpc) is 3.18. The fourth-order valence-corrected chi connectivity index (χ4v) is 5.36. The maximum atomic E-state index is 13.2. The average molecular weight is 364 g/mol. The van der Waals surface area contributed by atoms with E-state index in [1.807, 2.05) is 12.1 Å². The third kappa shape index (κ3) is 2.70. The molecule has 1 amide bonds. The monoisotopic (exact) mass is 364 g/mol. The highest BCUT2D eigenvalue weighted by atomic mass is 16.5. The van der Waals surface area contributed by atoms with E-state index in [4.69, 9.17) is 4.74 Å². The van der Waals surface area contributed by atoms with Gasteiger partial charge in [-0.2, -0.15) is 0 Å². The van der Waals surface area contributed by atoms with Gasteiger partial charge in [0.1, 0.15) is 11.4 Å². The fourth-order valence-electron chi connectivity index (χ4n) is 5.36. The van der Waals surface area contributed by atoms with Crippen molar-refractivity contribution in [2.75, 3.05) is 26.7 Å². The van der Waals surface area contributed by atoms with Gasteiger partial charge in [-0.15, -0.1) is 0 Å². The van der Waals surface area contributed by atoms with Gasteiger partial charge in [0.15, 0.2) is 0 Å². The lowest BCUT2D eigenvalue weighted by Gasteiger charge is -2.51. The molecule has 0 spiro atoms. The second-order valence-electron chi connectivity index (χ2n) is 7.78. The number of hydrogen-bond acceptors (Lipinski definition) is 5. The first-order valence-corrected chi connectivity index (χ1v) is 9.71. The molecule has 4 aliphatic rings. The van der Waals surface area contributed by atoms with Crippen LogP contribution < -0.4 is 4.74 Å². The molecular weight excluding hydrogens is 340 g/mol. The van der Waals surface area contributed by atoms with Crippen molar-refractivity contribution < 1.29 is 9.53 Å². The highest BCUT2D eigenvalue weighted by molar-refractivity contribution is 5.92. The Morgan fingerprint density at radius 3 is 2.56 bits per heavy atom. The first kappa shape index (κ1) is 16.7. The molecule has 5 heterocycles. The highest BCUT2D eigenvalue weighted by Gasteiger charge is 2.54. The van der Waals surface area contributed by atoms with Crippen LogP contribution in [-0.2, 0) is 0 Å². The molecule has 2 bridgehead atoms. The van der Waals surface area contributed by atoms with Crippen molar-refractivity contribution >= 4 is 5.91 Å². The second-order valence-corrected chi connectivity index (χ2v) is 7.78. The van der Waals surface area contributed by atoms with Gasteiger partial charge in [0, 0.05) is 30.9 Å². The van der Waals surface area contributed by atoms with Gasteiger partial charge < -0.3 is 9.64 Å². The molecule has 1 aromatic heterocycles. The summed E-state index contributed by atoms with van der Waals surface area (Å²) < 4.78 is 5.31. The summed E-state index contributed by atoms with van der Waals surface area (Å²) in [7, 11) is 1.69. The number of ether oxygens (including phenoxy) is 1. The predicted octanol–water partition coefficient (Wildman–Crippen LogP) is 2.19. The summed E-state index contributed by atoms with van der Waals surface area (Å²) in [6.07, 6.45) is 7.15. The van der Waals surface area contributed by atoms with Gasteiger partial charge in [-0.1, -0.05) is 12.1 Å². The SMILES string of the molecule is COc1ccc([C@@H]2CN(C(=O)c3cnccn3)[C@@H]3C4CCN(CC4)[C@@H]32)cc1. The van der Waals surface area contributed by atoms with E-state index in [9.17, 15) is 4.79 Å². The molecule has 4 fully saturated rings. The van der Waals surface area contributed by atoms with Crippen molar-refractivity contribution in [3.05, 3.63) is 54.1 Å². The minimum Gasteiger partial charge on any atom is -0.497 e. The molecule has 0 N–H and O–H groups in total. The maximum absolute atomic E-state index is 13.2. The molecule has 0 radical (unpaired) electrons. The van der Waals surface area contributed by atoms with Crippen LogP contribution in [0.2, 0.25) is 0 Å². The molecule has 6 rings (SSSR count). The number of piperidine rings is 3. The quantitative estimate of drug-likeness (QED) is 0.836. The van der Waals surface area contributed by atoms with Crippen LogP contribution in [0.15, 0.2) is 42.9 Å². The van der Waals surface area contributed by atoms with E-state index < -0.39 is 0 Å². The van der Waals surface area contributed by atoms with Crippen LogP contribution >= 0.6 is 0 Å². The van der Waals surface area contributed by atoms with E-state index in [2.05, 4.69) is 31.9 Å². The zero-order valence-corrected chi connectivity index (χ0v) is 15.5. The molecule has 4 aliphatic heterocycles. The van der Waals surface area contributed by atoms with E-state index in [0.717, 1.165) is 25.4 Å². The number of likely N-dealkylation sites (tertiary alicyclic amines) is 1. The number of benzene rings is 1. The zero-order valence-electron chi connectivity index (χ0n) is 15.5. The summed E-state index contributed by atoms with van der Waals surface area (Å²) in [5.41, 5.74) is 1.73. The predicted molar refractivity (Wildman–Crippen MR) is 101 cm³/mol. The maximum Gasteiger partial charge on any atom is 0.274 e. The molecule has 0 aliphatic carbocycles. The Hall–Kier alpha value is -2.47. The highest BCUT2D eigenvalue weighted by Crippen LogP contribution is 2.47. The Kier molecular flexibility index (Phi) is 4.08. The van der Waals surface area contributed by atoms with Crippen LogP contribution in [0, 0.1) is 5.92 Å². The summed E-state index contributed by atoms with van der Waals surface area (Å²) in [6.45, 7) is 3.03. The van der Waals surface area contributed by atoms with Gasteiger partial charge >= 0.3 is 0 Å². The molecule has 3 atom stereocenters. The lowest BCUT2D eigenvalue weighted by atomic mass is 9.75. The smallest absolute Gasteiger partial charge is 0.274 e. The number of hydrogen-bond donors (Lipinski definition) is 0. The lowest BCUT2D eigenvalue weighted by molar-refractivity contribution is -0.00359. The van der Waals surface area contributed by atoms with Crippen molar-refractivity contribution in [1.29, 1.82) is 0 Å². The van der Waals surface area contributed by atoms with Gasteiger partial charge in [-0.3, -0.25) is 14.7 Å². The van der Waals surface area contributed by atoms with E-state index >= 15 is 0 Å². The van der Waals surface area contributed by atoms with Crippen LogP contribution in [0.5, 0.6) is 5.75 Å². The number of nitrogens with zero attached hydrogens (tertiary/aromatic N) is 4. The van der Waals surface area contributed by atoms with E-state index in [0.29, 0.717) is 23.6 Å². The first-order valence-electron chi connectivity index (χ1n) is 9.71. The third-order valence-corrected chi connectivity index (χ3v) is 6.58. The molecule has 0 unspecified atom stereocenters. The number of carbonyl (C=O) groups excluding carboxylic acids is 1. The fraction of sp³-hybridized carbons (Fsp3) is 0.476. The van der Waals surface area contributed by atoms with E-state index in [1.165, 1.54) is 18.4 Å². The van der Waals surface area contributed by atoms with Gasteiger partial charge in [0.25, 0.3) is 5.91 Å². The van der Waals surface area contributed by atoms with Crippen LogP contribution in [0.4, 0.5) is 0 Å². The summed E-state index contributed by atoms with van der Waals surface area (Å²) in [4.78, 5) is 26.3. The first-order chi connectivity index (χ1) is 13.3. The minimum atomic E-state index is 0.0165. The van der Waals surface area contributed by atoms with Gasteiger partial charge in [0.2, 0.25) is 0 Å². The summed E-state index contributed by atoms with van der Waals surface area (Å²) in [6, 6.07) is 9.02. The summed E-state index contributed by atoms with van der Waals surface area (Å²) in [5, 5.41) is 0. The Bertz CT molecular complexity index is 818. The molecule has 2 aromatic rings.